The molecule has 1 aromatic heterocycles. The summed E-state index contributed by atoms with van der Waals surface area (Å²) in [5.74, 6) is 0.487. The Bertz CT molecular complexity index is 711. The van der Waals surface area contributed by atoms with Gasteiger partial charge in [-0.2, -0.15) is 0 Å². The fraction of sp³-hybridized carbons (Fsp3) is 0.389. The van der Waals surface area contributed by atoms with E-state index >= 15 is 0 Å². The fourth-order valence-electron chi connectivity index (χ4n) is 2.82. The minimum Gasteiger partial charge on any atom is -0.370 e. The average Bonchev–Trinajstić information content (AvgIpc) is 2.98. The van der Waals surface area contributed by atoms with E-state index in [0.29, 0.717) is 5.96 Å². The van der Waals surface area contributed by atoms with Gasteiger partial charge in [-0.3, -0.25) is 9.89 Å². The number of thiophene rings is 1. The highest BCUT2D eigenvalue weighted by molar-refractivity contribution is 14.0. The Hall–Kier alpha value is -1.12. The number of hydrogen-bond acceptors (Lipinski definition) is 3. The number of hydrogen-bond donors (Lipinski definition) is 2. The highest BCUT2D eigenvalue weighted by Crippen LogP contribution is 2.23. The molecule has 0 atom stereocenters. The molecular formula is C18H25IN4S. The van der Waals surface area contributed by atoms with Crippen molar-refractivity contribution in [3.8, 4) is 0 Å². The number of guanidine groups is 1. The van der Waals surface area contributed by atoms with Crippen LogP contribution in [0.2, 0.25) is 0 Å². The standard InChI is InChI=1S/C18H24N4S.HI/c1-13-3-4-16(11-14(13)2)21-18(19)20-7-9-22-8-5-17-15(12-22)6-10-23-17;/h3-4,6,10-11H,5,7-9,12H2,1-2H3,(H3,19,20,21);1H. The van der Waals surface area contributed by atoms with E-state index in [0.717, 1.165) is 38.3 Å². The summed E-state index contributed by atoms with van der Waals surface area (Å²) in [6, 6.07) is 8.47. The van der Waals surface area contributed by atoms with Crippen molar-refractivity contribution in [3.63, 3.8) is 0 Å². The molecule has 0 spiro atoms. The summed E-state index contributed by atoms with van der Waals surface area (Å²) in [5, 5.41) is 5.36. The molecule has 0 saturated heterocycles. The Morgan fingerprint density at radius 1 is 1.29 bits per heavy atom. The van der Waals surface area contributed by atoms with Gasteiger partial charge in [0.2, 0.25) is 0 Å². The molecule has 3 N–H and O–H groups in total. The van der Waals surface area contributed by atoms with Crippen LogP contribution >= 0.6 is 35.3 Å². The van der Waals surface area contributed by atoms with Crippen molar-refractivity contribution in [2.75, 3.05) is 25.0 Å². The first-order valence-electron chi connectivity index (χ1n) is 8.03. The average molecular weight is 456 g/mol. The maximum atomic E-state index is 5.99. The van der Waals surface area contributed by atoms with Crippen molar-refractivity contribution in [1.82, 2.24) is 4.90 Å². The first-order chi connectivity index (χ1) is 11.1. The molecule has 3 rings (SSSR count). The van der Waals surface area contributed by atoms with Gasteiger partial charge in [0, 0.05) is 30.2 Å². The van der Waals surface area contributed by atoms with Crippen molar-refractivity contribution >= 4 is 47.0 Å². The lowest BCUT2D eigenvalue weighted by atomic mass is 10.1. The molecule has 1 aliphatic heterocycles. The zero-order valence-electron chi connectivity index (χ0n) is 14.2. The maximum absolute atomic E-state index is 5.99. The lowest BCUT2D eigenvalue weighted by Crippen LogP contribution is -2.32. The normalized spacial score (nSPS) is 14.8. The summed E-state index contributed by atoms with van der Waals surface area (Å²) in [4.78, 5) is 8.44. The molecule has 2 aromatic rings. The first kappa shape index (κ1) is 19.2. The van der Waals surface area contributed by atoms with Gasteiger partial charge < -0.3 is 11.1 Å². The van der Waals surface area contributed by atoms with E-state index in [1.807, 2.05) is 17.4 Å². The Labute approximate surface area is 165 Å². The number of aryl methyl sites for hydroxylation is 2. The number of anilines is 1. The predicted octanol–water partition coefficient (Wildman–Crippen LogP) is 3.77. The van der Waals surface area contributed by atoms with Crippen molar-refractivity contribution in [3.05, 3.63) is 51.2 Å². The van der Waals surface area contributed by atoms with Crippen LogP contribution < -0.4 is 11.1 Å². The second-order valence-corrected chi connectivity index (χ2v) is 7.09. The van der Waals surface area contributed by atoms with Crippen LogP contribution in [0.3, 0.4) is 0 Å². The van der Waals surface area contributed by atoms with E-state index in [4.69, 9.17) is 5.73 Å². The number of nitrogens with zero attached hydrogens (tertiary/aromatic N) is 2. The molecule has 0 saturated carbocycles. The van der Waals surface area contributed by atoms with E-state index in [1.54, 1.807) is 4.88 Å². The molecular weight excluding hydrogens is 431 g/mol. The zero-order chi connectivity index (χ0) is 16.2. The molecule has 6 heteroatoms. The minimum absolute atomic E-state index is 0. The van der Waals surface area contributed by atoms with Crippen molar-refractivity contribution in [1.29, 1.82) is 0 Å². The van der Waals surface area contributed by atoms with Crippen molar-refractivity contribution < 1.29 is 0 Å². The van der Waals surface area contributed by atoms with Crippen LogP contribution in [0, 0.1) is 13.8 Å². The Morgan fingerprint density at radius 2 is 2.12 bits per heavy atom. The second kappa shape index (κ2) is 8.82. The molecule has 24 heavy (non-hydrogen) atoms. The maximum Gasteiger partial charge on any atom is 0.193 e. The lowest BCUT2D eigenvalue weighted by molar-refractivity contribution is 0.264. The number of nitrogens with two attached hydrogens (primary N) is 1. The summed E-state index contributed by atoms with van der Waals surface area (Å²) in [6.45, 7) is 8.04. The van der Waals surface area contributed by atoms with Gasteiger partial charge in [-0.05, 0) is 60.5 Å². The molecule has 130 valence electrons. The molecule has 1 aliphatic rings. The van der Waals surface area contributed by atoms with Crippen LogP contribution in [-0.2, 0) is 13.0 Å². The van der Waals surface area contributed by atoms with Crippen LogP contribution in [0.4, 0.5) is 5.69 Å². The van der Waals surface area contributed by atoms with E-state index in [1.165, 1.54) is 16.7 Å². The number of halogens is 1. The van der Waals surface area contributed by atoms with E-state index < -0.39 is 0 Å². The number of benzene rings is 1. The molecule has 4 nitrogen and oxygen atoms in total. The quantitative estimate of drug-likeness (QED) is 0.419. The number of aliphatic imine (C=N–C) groups is 1. The summed E-state index contributed by atoms with van der Waals surface area (Å²) in [6.07, 6.45) is 1.16. The topological polar surface area (TPSA) is 53.6 Å². The van der Waals surface area contributed by atoms with E-state index in [2.05, 4.69) is 52.6 Å². The van der Waals surface area contributed by atoms with Gasteiger partial charge in [0.1, 0.15) is 0 Å². The van der Waals surface area contributed by atoms with E-state index in [9.17, 15) is 0 Å². The van der Waals surface area contributed by atoms with Crippen LogP contribution in [0.5, 0.6) is 0 Å². The minimum atomic E-state index is 0. The number of rotatable bonds is 4. The SMILES string of the molecule is Cc1ccc(NC(N)=NCCN2CCc3sccc3C2)cc1C.I. The van der Waals surface area contributed by atoms with Gasteiger partial charge in [-0.15, -0.1) is 35.3 Å². The number of nitrogens with one attached hydrogen (secondary N) is 1. The molecule has 0 unspecified atom stereocenters. The van der Waals surface area contributed by atoms with Crippen LogP contribution in [0.25, 0.3) is 0 Å². The predicted molar refractivity (Wildman–Crippen MR) is 115 cm³/mol. The van der Waals surface area contributed by atoms with E-state index in [-0.39, 0.29) is 24.0 Å². The summed E-state index contributed by atoms with van der Waals surface area (Å²) in [7, 11) is 0. The molecule has 0 aliphatic carbocycles. The molecule has 0 radical (unpaired) electrons. The van der Waals surface area contributed by atoms with Gasteiger partial charge in [0.15, 0.2) is 5.96 Å². The smallest absolute Gasteiger partial charge is 0.193 e. The molecule has 0 amide bonds. The van der Waals surface area contributed by atoms with Crippen LogP contribution in [0.15, 0.2) is 34.6 Å². The zero-order valence-corrected chi connectivity index (χ0v) is 17.4. The Kier molecular flexibility index (Phi) is 7.06. The van der Waals surface area contributed by atoms with Gasteiger partial charge in [-0.1, -0.05) is 6.07 Å². The van der Waals surface area contributed by atoms with Gasteiger partial charge >= 0.3 is 0 Å². The molecule has 2 heterocycles. The Balaban J connectivity index is 0.00000208. The molecule has 0 bridgehead atoms. The summed E-state index contributed by atoms with van der Waals surface area (Å²) in [5.41, 5.74) is 11.0. The highest BCUT2D eigenvalue weighted by atomic mass is 127. The summed E-state index contributed by atoms with van der Waals surface area (Å²) < 4.78 is 0. The van der Waals surface area contributed by atoms with Gasteiger partial charge in [0.05, 0.1) is 6.54 Å². The number of fused-ring (bicyclic) bond motifs is 1. The summed E-state index contributed by atoms with van der Waals surface area (Å²) >= 11 is 1.88. The third-order valence-electron chi connectivity index (χ3n) is 4.36. The second-order valence-electron chi connectivity index (χ2n) is 6.09. The monoisotopic (exact) mass is 456 g/mol. The largest absolute Gasteiger partial charge is 0.370 e. The van der Waals surface area contributed by atoms with Crippen molar-refractivity contribution in [2.45, 2.75) is 26.8 Å². The lowest BCUT2D eigenvalue weighted by Gasteiger charge is -2.26. The third kappa shape index (κ3) is 4.94. The van der Waals surface area contributed by atoms with Crippen LogP contribution in [0.1, 0.15) is 21.6 Å². The first-order valence-corrected chi connectivity index (χ1v) is 8.91. The highest BCUT2D eigenvalue weighted by Gasteiger charge is 2.16. The van der Waals surface area contributed by atoms with Gasteiger partial charge in [0.25, 0.3) is 0 Å². The van der Waals surface area contributed by atoms with Crippen molar-refractivity contribution in [2.24, 2.45) is 10.7 Å². The third-order valence-corrected chi connectivity index (χ3v) is 5.39. The fourth-order valence-corrected chi connectivity index (χ4v) is 3.71. The molecule has 0 fully saturated rings. The van der Waals surface area contributed by atoms with Crippen LogP contribution in [-0.4, -0.2) is 30.5 Å². The Morgan fingerprint density at radius 3 is 2.92 bits per heavy atom. The van der Waals surface area contributed by atoms with Gasteiger partial charge in [-0.25, -0.2) is 0 Å². The molecule has 1 aromatic carbocycles.